The zero-order valence-electron chi connectivity index (χ0n) is 17.1. The Morgan fingerprint density at radius 3 is 2.45 bits per heavy atom. The van der Waals surface area contributed by atoms with Gasteiger partial charge in [0, 0.05) is 25.2 Å². The van der Waals surface area contributed by atoms with Crippen molar-refractivity contribution in [2.45, 2.75) is 55.5 Å². The van der Waals surface area contributed by atoms with E-state index in [-0.39, 0.29) is 33.4 Å². The van der Waals surface area contributed by atoms with Gasteiger partial charge in [0.05, 0.1) is 11.5 Å². The van der Waals surface area contributed by atoms with Gasteiger partial charge in [0.1, 0.15) is 9.77 Å². The Kier molecular flexibility index (Phi) is 6.44. The number of nitrogens with zero attached hydrogens (tertiary/aromatic N) is 2. The zero-order chi connectivity index (χ0) is 22.2. The lowest BCUT2D eigenvalue weighted by atomic mass is 10.2. The Labute approximate surface area is 186 Å². The molecule has 0 bridgehead atoms. The van der Waals surface area contributed by atoms with Gasteiger partial charge in [-0.3, -0.25) is 4.79 Å². The van der Waals surface area contributed by atoms with Gasteiger partial charge in [-0.15, -0.1) is 11.3 Å². The number of rotatable bonds is 7. The summed E-state index contributed by atoms with van der Waals surface area (Å²) in [7, 11) is -6.95. The Balaban J connectivity index is 1.42. The van der Waals surface area contributed by atoms with Crippen molar-refractivity contribution in [3.05, 3.63) is 16.3 Å². The van der Waals surface area contributed by atoms with Crippen molar-refractivity contribution in [1.29, 1.82) is 0 Å². The predicted octanol–water partition coefficient (Wildman–Crippen LogP) is 1.26. The summed E-state index contributed by atoms with van der Waals surface area (Å²) in [6.07, 6.45) is 4.55. The van der Waals surface area contributed by atoms with Gasteiger partial charge in [0.2, 0.25) is 10.0 Å². The lowest BCUT2D eigenvalue weighted by Gasteiger charge is -2.28. The molecule has 0 spiro atoms. The first-order chi connectivity index (χ1) is 14.7. The van der Waals surface area contributed by atoms with E-state index in [1.165, 1.54) is 15.8 Å². The molecule has 0 unspecified atom stereocenters. The fraction of sp³-hybridized carbons (Fsp3) is 0.684. The third kappa shape index (κ3) is 4.96. The molecule has 3 aliphatic rings. The van der Waals surface area contributed by atoms with Crippen molar-refractivity contribution < 1.29 is 31.2 Å². The van der Waals surface area contributed by atoms with Crippen molar-refractivity contribution in [2.75, 3.05) is 31.2 Å². The van der Waals surface area contributed by atoms with Crippen molar-refractivity contribution in [3.63, 3.8) is 0 Å². The molecule has 3 heterocycles. The number of sulfonamides is 1. The predicted molar refractivity (Wildman–Crippen MR) is 114 cm³/mol. The highest BCUT2D eigenvalue weighted by Gasteiger charge is 2.42. The Hall–Kier alpha value is -1.50. The summed E-state index contributed by atoms with van der Waals surface area (Å²) in [6.45, 7) is 0.310. The number of hydrogen-bond donors (Lipinski definition) is 0. The van der Waals surface area contributed by atoms with Crippen molar-refractivity contribution in [1.82, 2.24) is 9.21 Å². The second-order valence-electron chi connectivity index (χ2n) is 8.24. The number of hydrogen-bond acceptors (Lipinski definition) is 8. The van der Waals surface area contributed by atoms with Gasteiger partial charge in [-0.05, 0) is 43.6 Å². The van der Waals surface area contributed by atoms with E-state index in [1.807, 2.05) is 0 Å². The maximum atomic E-state index is 12.9. The zero-order valence-corrected chi connectivity index (χ0v) is 19.5. The number of thiophene rings is 1. The highest BCUT2D eigenvalue weighted by atomic mass is 32.2. The summed E-state index contributed by atoms with van der Waals surface area (Å²) in [5, 5.41) is 1.52. The number of piperidine rings is 1. The Bertz CT molecular complexity index is 1050. The minimum Gasteiger partial charge on any atom is -0.451 e. The van der Waals surface area contributed by atoms with Gasteiger partial charge in [0.25, 0.3) is 5.91 Å². The third-order valence-electron chi connectivity index (χ3n) is 5.90. The van der Waals surface area contributed by atoms with Crippen LogP contribution >= 0.6 is 11.3 Å². The molecule has 2 aliphatic heterocycles. The largest absolute Gasteiger partial charge is 0.451 e. The van der Waals surface area contributed by atoms with E-state index in [0.29, 0.717) is 19.5 Å². The number of carbonyl (C=O) groups is 2. The summed E-state index contributed by atoms with van der Waals surface area (Å²) in [5.74, 6) is -1.30. The number of sulfone groups is 1. The molecule has 1 amide bonds. The SMILES string of the molecule is O=C(OCC(=O)N(C1CC1)[C@H]1CCS(=O)(=O)C1)c1sccc1S(=O)(=O)N1CCCCC1. The number of carbonyl (C=O) groups excluding carboxylic acids is 2. The highest BCUT2D eigenvalue weighted by molar-refractivity contribution is 7.91. The summed E-state index contributed by atoms with van der Waals surface area (Å²) in [5.41, 5.74) is 0. The van der Waals surface area contributed by atoms with E-state index in [1.54, 1.807) is 4.90 Å². The standard InChI is InChI=1S/C19H26N2O7S3/c22-17(21(14-4-5-14)15-7-11-30(24,25)13-15)12-28-19(23)18-16(6-10-29-18)31(26,27)20-8-2-1-3-9-20/h6,10,14-15H,1-5,7-9,11-13H2/t15-/m0/s1. The first-order valence-electron chi connectivity index (χ1n) is 10.5. The van der Waals surface area contributed by atoms with Crippen LogP contribution in [0.5, 0.6) is 0 Å². The number of amides is 1. The van der Waals surface area contributed by atoms with Crippen LogP contribution in [0.4, 0.5) is 0 Å². The summed E-state index contributed by atoms with van der Waals surface area (Å²) < 4.78 is 56.1. The van der Waals surface area contributed by atoms with Crippen LogP contribution in [0, 0.1) is 0 Å². The first-order valence-corrected chi connectivity index (χ1v) is 14.6. The summed E-state index contributed by atoms with van der Waals surface area (Å²) >= 11 is 0.968. The molecule has 0 radical (unpaired) electrons. The fourth-order valence-corrected chi connectivity index (χ4v) is 8.73. The van der Waals surface area contributed by atoms with E-state index in [2.05, 4.69) is 0 Å². The number of ether oxygens (including phenoxy) is 1. The van der Waals surface area contributed by atoms with Crippen LogP contribution in [0.15, 0.2) is 16.3 Å². The molecule has 0 aromatic carbocycles. The maximum absolute atomic E-state index is 12.9. The molecule has 0 N–H and O–H groups in total. The van der Waals surface area contributed by atoms with Crippen LogP contribution in [0.2, 0.25) is 0 Å². The maximum Gasteiger partial charge on any atom is 0.350 e. The summed E-state index contributed by atoms with van der Waals surface area (Å²) in [6, 6.07) is 0.995. The van der Waals surface area contributed by atoms with Gasteiger partial charge >= 0.3 is 5.97 Å². The van der Waals surface area contributed by atoms with Crippen LogP contribution in [0.1, 0.15) is 48.2 Å². The van der Waals surface area contributed by atoms with Gasteiger partial charge in [-0.2, -0.15) is 4.31 Å². The molecule has 4 rings (SSSR count). The van der Waals surface area contributed by atoms with E-state index < -0.39 is 38.3 Å². The van der Waals surface area contributed by atoms with Crippen LogP contribution in [0.3, 0.4) is 0 Å². The van der Waals surface area contributed by atoms with E-state index in [0.717, 1.165) is 43.4 Å². The second kappa shape index (κ2) is 8.80. The average Bonchev–Trinajstić information content (AvgIpc) is 3.30. The van der Waals surface area contributed by atoms with Crippen LogP contribution in [0.25, 0.3) is 0 Å². The molecule has 1 aromatic heterocycles. The second-order valence-corrected chi connectivity index (χ2v) is 13.3. The molecule has 3 fully saturated rings. The van der Waals surface area contributed by atoms with Crippen molar-refractivity contribution in [3.8, 4) is 0 Å². The Morgan fingerprint density at radius 2 is 1.84 bits per heavy atom. The van der Waals surface area contributed by atoms with Crippen molar-refractivity contribution in [2.24, 2.45) is 0 Å². The number of esters is 1. The fourth-order valence-electron chi connectivity index (χ4n) is 4.21. The van der Waals surface area contributed by atoms with E-state index >= 15 is 0 Å². The molecular formula is C19H26N2O7S3. The van der Waals surface area contributed by atoms with Crippen LogP contribution < -0.4 is 0 Å². The highest BCUT2D eigenvalue weighted by Crippen LogP contribution is 2.33. The van der Waals surface area contributed by atoms with E-state index in [9.17, 15) is 26.4 Å². The first kappa shape index (κ1) is 22.7. The molecule has 172 valence electrons. The van der Waals surface area contributed by atoms with Gasteiger partial charge in [0.15, 0.2) is 16.4 Å². The third-order valence-corrected chi connectivity index (χ3v) is 10.6. The smallest absolute Gasteiger partial charge is 0.350 e. The van der Waals surface area contributed by atoms with Gasteiger partial charge in [-0.25, -0.2) is 21.6 Å². The Morgan fingerprint density at radius 1 is 1.13 bits per heavy atom. The molecule has 9 nitrogen and oxygen atoms in total. The topological polar surface area (TPSA) is 118 Å². The molecule has 1 atom stereocenters. The molecule has 2 saturated heterocycles. The van der Waals surface area contributed by atoms with Crippen molar-refractivity contribution >= 4 is 43.1 Å². The molecule has 31 heavy (non-hydrogen) atoms. The summed E-state index contributed by atoms with van der Waals surface area (Å²) in [4.78, 5) is 26.8. The molecule has 1 aliphatic carbocycles. The molecule has 1 aromatic rings. The van der Waals surface area contributed by atoms with Crippen LogP contribution in [-0.4, -0.2) is 81.2 Å². The lowest BCUT2D eigenvalue weighted by Crippen LogP contribution is -2.44. The van der Waals surface area contributed by atoms with E-state index in [4.69, 9.17) is 4.74 Å². The minimum atomic E-state index is -3.80. The van der Waals surface area contributed by atoms with Gasteiger partial charge < -0.3 is 9.64 Å². The minimum absolute atomic E-state index is 0.0127. The normalized spacial score (nSPS) is 24.1. The van der Waals surface area contributed by atoms with Gasteiger partial charge in [-0.1, -0.05) is 6.42 Å². The molecular weight excluding hydrogens is 464 g/mol. The lowest BCUT2D eigenvalue weighted by molar-refractivity contribution is -0.137. The monoisotopic (exact) mass is 490 g/mol. The quantitative estimate of drug-likeness (QED) is 0.528. The molecule has 1 saturated carbocycles. The van der Waals surface area contributed by atoms with Crippen LogP contribution in [-0.2, 0) is 29.4 Å². The molecule has 12 heteroatoms. The average molecular weight is 491 g/mol.